The maximum absolute atomic E-state index is 13.5. The summed E-state index contributed by atoms with van der Waals surface area (Å²) in [6.07, 6.45) is 2.62. The molecule has 0 spiro atoms. The molecule has 1 fully saturated rings. The SMILES string of the molecule is Cc1ccc(-c2ccc3c(n2)N(C(=O)Nc2nc4ccc(F)cc4o2)[C@H]2CCN3C2)cn1. The van der Waals surface area contributed by atoms with Crippen LogP contribution in [0.4, 0.5) is 26.7 Å². The molecule has 0 unspecified atom stereocenters. The Morgan fingerprint density at radius 3 is 2.94 bits per heavy atom. The smallest absolute Gasteiger partial charge is 0.331 e. The van der Waals surface area contributed by atoms with Gasteiger partial charge in [0, 0.05) is 36.6 Å². The summed E-state index contributed by atoms with van der Waals surface area (Å²) in [4.78, 5) is 30.7. The predicted molar refractivity (Wildman–Crippen MR) is 118 cm³/mol. The van der Waals surface area contributed by atoms with Crippen molar-refractivity contribution in [1.82, 2.24) is 15.0 Å². The molecule has 2 aliphatic rings. The lowest BCUT2D eigenvalue weighted by Crippen LogP contribution is -2.48. The fourth-order valence-electron chi connectivity index (χ4n) is 4.36. The number of pyridine rings is 2. The molecule has 1 aromatic carbocycles. The molecule has 6 rings (SSSR count). The van der Waals surface area contributed by atoms with Crippen molar-refractivity contribution in [2.75, 3.05) is 28.2 Å². The highest BCUT2D eigenvalue weighted by Gasteiger charge is 2.40. The molecule has 3 aromatic heterocycles. The fourth-order valence-corrected chi connectivity index (χ4v) is 4.36. The van der Waals surface area contributed by atoms with Crippen LogP contribution in [0.1, 0.15) is 12.1 Å². The number of aryl methyl sites for hydroxylation is 1. The van der Waals surface area contributed by atoms with Crippen molar-refractivity contribution in [3.63, 3.8) is 0 Å². The van der Waals surface area contributed by atoms with E-state index in [2.05, 4.69) is 20.2 Å². The maximum atomic E-state index is 13.5. The third kappa shape index (κ3) is 3.05. The Balaban J connectivity index is 1.36. The molecule has 1 N–H and O–H groups in total. The second-order valence-corrected chi connectivity index (χ2v) is 8.05. The van der Waals surface area contributed by atoms with Crippen LogP contribution in [0.25, 0.3) is 22.4 Å². The molecule has 32 heavy (non-hydrogen) atoms. The number of fused-ring (bicyclic) bond motifs is 5. The summed E-state index contributed by atoms with van der Waals surface area (Å²) >= 11 is 0. The zero-order valence-corrected chi connectivity index (χ0v) is 17.2. The highest BCUT2D eigenvalue weighted by atomic mass is 19.1. The molecule has 2 amide bonds. The number of carbonyl (C=O) groups excluding carboxylic acids is 1. The minimum atomic E-state index is -0.426. The van der Waals surface area contributed by atoms with Crippen molar-refractivity contribution >= 4 is 34.7 Å². The lowest BCUT2D eigenvalue weighted by atomic mass is 10.1. The number of anilines is 3. The predicted octanol–water partition coefficient (Wildman–Crippen LogP) is 4.36. The van der Waals surface area contributed by atoms with E-state index < -0.39 is 5.82 Å². The number of halogens is 1. The van der Waals surface area contributed by atoms with E-state index in [9.17, 15) is 9.18 Å². The second-order valence-electron chi connectivity index (χ2n) is 8.05. The largest absolute Gasteiger partial charge is 0.423 e. The van der Waals surface area contributed by atoms with Crippen LogP contribution < -0.4 is 15.1 Å². The molecule has 0 saturated carbocycles. The third-order valence-corrected chi connectivity index (χ3v) is 5.94. The number of carbonyl (C=O) groups is 1. The van der Waals surface area contributed by atoms with Crippen LogP contribution in [0.15, 0.2) is 53.1 Å². The quantitative estimate of drug-likeness (QED) is 0.508. The second kappa shape index (κ2) is 7.01. The molecule has 160 valence electrons. The first-order valence-corrected chi connectivity index (χ1v) is 10.4. The van der Waals surface area contributed by atoms with Crippen molar-refractivity contribution in [3.8, 4) is 11.3 Å². The van der Waals surface area contributed by atoms with E-state index in [4.69, 9.17) is 9.40 Å². The van der Waals surface area contributed by atoms with Crippen LogP contribution >= 0.6 is 0 Å². The number of urea groups is 1. The molecular weight excluding hydrogens is 411 g/mol. The lowest BCUT2D eigenvalue weighted by molar-refractivity contribution is 0.254. The summed E-state index contributed by atoms with van der Waals surface area (Å²) in [5.74, 6) is 0.168. The van der Waals surface area contributed by atoms with Crippen LogP contribution in [-0.2, 0) is 0 Å². The minimum absolute atomic E-state index is 0.0109. The standard InChI is InChI=1S/C23H19FN6O2/c1-13-2-3-14(11-25-13)17-6-7-19-21(26-17)30(16-8-9-29(19)12-16)23(31)28-22-27-18-5-4-15(24)10-20(18)32-22/h2-7,10-11,16H,8-9,12H2,1H3,(H,27,28,31)/t16-/m0/s1. The number of hydrogen-bond acceptors (Lipinski definition) is 6. The van der Waals surface area contributed by atoms with Gasteiger partial charge in [-0.05, 0) is 49.7 Å². The van der Waals surface area contributed by atoms with Gasteiger partial charge in [-0.1, -0.05) is 0 Å². The monoisotopic (exact) mass is 430 g/mol. The van der Waals surface area contributed by atoms with E-state index in [1.165, 1.54) is 18.2 Å². The van der Waals surface area contributed by atoms with Crippen molar-refractivity contribution < 1.29 is 13.6 Å². The molecule has 0 radical (unpaired) electrons. The molecule has 2 bridgehead atoms. The summed E-state index contributed by atoms with van der Waals surface area (Å²) in [5, 5.41) is 2.73. The van der Waals surface area contributed by atoms with Gasteiger partial charge in [0.2, 0.25) is 0 Å². The first kappa shape index (κ1) is 18.7. The number of hydrogen-bond donors (Lipinski definition) is 1. The van der Waals surface area contributed by atoms with Crippen LogP contribution in [0, 0.1) is 12.7 Å². The van der Waals surface area contributed by atoms with E-state index in [1.807, 2.05) is 31.2 Å². The molecular formula is C23H19FN6O2. The van der Waals surface area contributed by atoms with Gasteiger partial charge in [0.05, 0.1) is 17.4 Å². The van der Waals surface area contributed by atoms with Gasteiger partial charge in [0.25, 0.3) is 0 Å². The number of oxazole rings is 1. The van der Waals surface area contributed by atoms with Gasteiger partial charge in [-0.15, -0.1) is 0 Å². The molecule has 1 atom stereocenters. The normalized spacial score (nSPS) is 17.0. The van der Waals surface area contributed by atoms with E-state index in [0.29, 0.717) is 11.3 Å². The van der Waals surface area contributed by atoms with Crippen LogP contribution in [0.5, 0.6) is 0 Å². The first-order chi connectivity index (χ1) is 15.5. The Morgan fingerprint density at radius 1 is 1.19 bits per heavy atom. The highest BCUT2D eigenvalue weighted by molar-refractivity contribution is 6.04. The molecule has 0 aliphatic carbocycles. The van der Waals surface area contributed by atoms with Gasteiger partial charge < -0.3 is 9.32 Å². The number of rotatable bonds is 2. The van der Waals surface area contributed by atoms with Gasteiger partial charge in [0.1, 0.15) is 11.3 Å². The Morgan fingerprint density at radius 2 is 2.09 bits per heavy atom. The Bertz CT molecular complexity index is 1350. The zero-order chi connectivity index (χ0) is 21.8. The number of nitrogens with one attached hydrogen (secondary N) is 1. The van der Waals surface area contributed by atoms with Crippen molar-refractivity contribution in [2.24, 2.45) is 0 Å². The van der Waals surface area contributed by atoms with Gasteiger partial charge in [0.15, 0.2) is 11.4 Å². The zero-order valence-electron chi connectivity index (χ0n) is 17.2. The van der Waals surface area contributed by atoms with Crippen molar-refractivity contribution in [3.05, 3.63) is 60.2 Å². The highest BCUT2D eigenvalue weighted by Crippen LogP contribution is 2.40. The number of amides is 2. The van der Waals surface area contributed by atoms with E-state index >= 15 is 0 Å². The van der Waals surface area contributed by atoms with E-state index in [-0.39, 0.29) is 23.7 Å². The summed E-state index contributed by atoms with van der Waals surface area (Å²) in [6, 6.07) is 11.6. The summed E-state index contributed by atoms with van der Waals surface area (Å²) in [5.41, 5.74) is 4.22. The van der Waals surface area contributed by atoms with Crippen LogP contribution in [0.2, 0.25) is 0 Å². The van der Waals surface area contributed by atoms with Gasteiger partial charge in [-0.3, -0.25) is 15.2 Å². The third-order valence-electron chi connectivity index (χ3n) is 5.94. The number of nitrogens with zero attached hydrogens (tertiary/aromatic N) is 5. The lowest BCUT2D eigenvalue weighted by Gasteiger charge is -2.35. The van der Waals surface area contributed by atoms with Crippen molar-refractivity contribution in [1.29, 1.82) is 0 Å². The van der Waals surface area contributed by atoms with E-state index in [0.717, 1.165) is 42.1 Å². The molecule has 4 aromatic rings. The fraction of sp³-hybridized carbons (Fsp3) is 0.217. The van der Waals surface area contributed by atoms with Gasteiger partial charge >= 0.3 is 12.0 Å². The summed E-state index contributed by atoms with van der Waals surface area (Å²) in [7, 11) is 0. The first-order valence-electron chi connectivity index (χ1n) is 10.4. The number of aromatic nitrogens is 3. The average Bonchev–Trinajstić information content (AvgIpc) is 3.38. The van der Waals surface area contributed by atoms with Crippen LogP contribution in [0.3, 0.4) is 0 Å². The molecule has 9 heteroatoms. The van der Waals surface area contributed by atoms with Gasteiger partial charge in [-0.25, -0.2) is 14.2 Å². The molecule has 5 heterocycles. The topological polar surface area (TPSA) is 87.4 Å². The molecule has 2 aliphatic heterocycles. The molecule has 1 saturated heterocycles. The van der Waals surface area contributed by atoms with Crippen LogP contribution in [-0.4, -0.2) is 40.1 Å². The van der Waals surface area contributed by atoms with Crippen molar-refractivity contribution in [2.45, 2.75) is 19.4 Å². The summed E-state index contributed by atoms with van der Waals surface area (Å²) < 4.78 is 19.0. The Kier molecular flexibility index (Phi) is 4.11. The Labute approximate surface area is 182 Å². The summed E-state index contributed by atoms with van der Waals surface area (Å²) in [6.45, 7) is 3.53. The van der Waals surface area contributed by atoms with E-state index in [1.54, 1.807) is 11.1 Å². The number of benzene rings is 1. The average molecular weight is 430 g/mol. The maximum Gasteiger partial charge on any atom is 0.331 e. The Hall–Kier alpha value is -4.01. The molecule has 8 nitrogen and oxygen atoms in total. The minimum Gasteiger partial charge on any atom is -0.423 e. The van der Waals surface area contributed by atoms with Gasteiger partial charge in [-0.2, -0.15) is 4.98 Å².